The average molecular weight is 1030 g/mol. The Balaban J connectivity index is 1.33. The van der Waals surface area contributed by atoms with E-state index >= 15 is 9.13 Å². The summed E-state index contributed by atoms with van der Waals surface area (Å²) in [5.41, 5.74) is 9.72. The zero-order valence-corrected chi connectivity index (χ0v) is 46.3. The topological polar surface area (TPSA) is 124 Å². The van der Waals surface area contributed by atoms with Crippen molar-refractivity contribution in [1.82, 2.24) is 0 Å². The summed E-state index contributed by atoms with van der Waals surface area (Å²) in [6.07, 6.45) is 1.53. The molecular formula is C61H70O10P2. The fraction of sp³-hybridized carbons (Fsp3) is 0.311. The van der Waals surface area contributed by atoms with Crippen molar-refractivity contribution in [2.45, 2.75) is 114 Å². The standard InChI is InChI=1S/C61H70O10P2/c1-39(2)59(62)66-53-33-31-51(37-49(53)29-19-35-72(64,68-55-41(5)21-15-22-42(55)6)69-56-43(7)23-16-24-44(56)8)61(13,14)52-32-34-54(67-60(63)40(3)4)50(38-52)30-20-36-73(65,70-57-45(9)25-17-26-46(57)10)71-58-47(11)27-18-28-48(58)12/h15-18,21-28,31-34,37-38H,1,3,19-20,29-30,35-36H2,2,4-14H3. The van der Waals surface area contributed by atoms with E-state index in [0.29, 0.717) is 71.3 Å². The second kappa shape index (κ2) is 23.5. The predicted molar refractivity (Wildman–Crippen MR) is 294 cm³/mol. The zero-order valence-electron chi connectivity index (χ0n) is 44.5. The van der Waals surface area contributed by atoms with E-state index in [-0.39, 0.29) is 23.5 Å². The molecule has 0 N–H and O–H groups in total. The fourth-order valence-corrected chi connectivity index (χ4v) is 12.3. The summed E-state index contributed by atoms with van der Waals surface area (Å²) in [6, 6.07) is 34.4. The maximum atomic E-state index is 15.0. The molecule has 0 unspecified atom stereocenters. The van der Waals surface area contributed by atoms with Crippen molar-refractivity contribution in [3.8, 4) is 34.5 Å². The molecule has 0 aliphatic rings. The Labute approximate surface area is 432 Å². The van der Waals surface area contributed by atoms with E-state index in [1.807, 2.05) is 152 Å². The van der Waals surface area contributed by atoms with Crippen LogP contribution in [0.2, 0.25) is 0 Å². The molecule has 0 atom stereocenters. The van der Waals surface area contributed by atoms with Crippen LogP contribution < -0.4 is 27.6 Å². The number of benzene rings is 6. The summed E-state index contributed by atoms with van der Waals surface area (Å²) >= 11 is 0. The van der Waals surface area contributed by atoms with E-state index in [1.54, 1.807) is 26.0 Å². The summed E-state index contributed by atoms with van der Waals surface area (Å²) in [4.78, 5) is 26.1. The maximum absolute atomic E-state index is 15.0. The first kappa shape index (κ1) is 55.7. The van der Waals surface area contributed by atoms with Crippen LogP contribution in [0.5, 0.6) is 34.5 Å². The number of hydrogen-bond acceptors (Lipinski definition) is 10. The molecule has 0 spiro atoms. The van der Waals surface area contributed by atoms with Crippen LogP contribution in [0.1, 0.15) is 107 Å². The number of para-hydroxylation sites is 4. The van der Waals surface area contributed by atoms with E-state index in [9.17, 15) is 9.59 Å². The van der Waals surface area contributed by atoms with Gasteiger partial charge in [0, 0.05) is 16.6 Å². The molecule has 0 aliphatic carbocycles. The SMILES string of the molecule is C=C(C)C(=O)Oc1ccc(C(C)(C)c2ccc(OC(=O)C(=C)C)c(CCCP(=O)(Oc3c(C)cccc3C)Oc3c(C)cccc3C)c2)cc1CCCP(=O)(Oc1c(C)cccc1C)Oc1c(C)cccc1C. The number of carbonyl (C=O) groups is 2. The summed E-state index contributed by atoms with van der Waals surface area (Å²) in [7, 11) is -7.69. The van der Waals surface area contributed by atoms with Crippen LogP contribution >= 0.6 is 15.2 Å². The molecule has 0 aliphatic heterocycles. The number of carbonyl (C=O) groups excluding carboxylic acids is 2. The Kier molecular flexibility index (Phi) is 17.9. The van der Waals surface area contributed by atoms with E-state index in [0.717, 1.165) is 55.6 Å². The van der Waals surface area contributed by atoms with Crippen molar-refractivity contribution in [3.05, 3.63) is 200 Å². The van der Waals surface area contributed by atoms with Gasteiger partial charge in [-0.2, -0.15) is 0 Å². The third kappa shape index (κ3) is 13.9. The summed E-state index contributed by atoms with van der Waals surface area (Å²) < 4.78 is 67.6. The summed E-state index contributed by atoms with van der Waals surface area (Å²) in [5, 5.41) is 0. The van der Waals surface area contributed by atoms with Crippen molar-refractivity contribution in [3.63, 3.8) is 0 Å². The van der Waals surface area contributed by atoms with Crippen LogP contribution in [-0.4, -0.2) is 24.3 Å². The highest BCUT2D eigenvalue weighted by Crippen LogP contribution is 2.54. The van der Waals surface area contributed by atoms with Gasteiger partial charge in [-0.05, 0) is 174 Å². The maximum Gasteiger partial charge on any atom is 0.430 e. The first-order valence-electron chi connectivity index (χ1n) is 24.6. The first-order chi connectivity index (χ1) is 34.4. The molecular weight excluding hydrogens is 955 g/mol. The fourth-order valence-electron chi connectivity index (χ4n) is 8.54. The largest absolute Gasteiger partial charge is 0.430 e. The molecule has 73 heavy (non-hydrogen) atoms. The Bertz CT molecular complexity index is 2760. The van der Waals surface area contributed by atoms with Crippen molar-refractivity contribution >= 4 is 27.1 Å². The van der Waals surface area contributed by atoms with Gasteiger partial charge in [0.15, 0.2) is 0 Å². The molecule has 10 nitrogen and oxygen atoms in total. The smallest absolute Gasteiger partial charge is 0.423 e. The van der Waals surface area contributed by atoms with Gasteiger partial charge in [-0.25, -0.2) is 18.7 Å². The zero-order chi connectivity index (χ0) is 53.4. The van der Waals surface area contributed by atoms with Gasteiger partial charge in [-0.3, -0.25) is 0 Å². The van der Waals surface area contributed by atoms with Crippen molar-refractivity contribution < 1.29 is 46.3 Å². The van der Waals surface area contributed by atoms with E-state index < -0.39 is 32.5 Å². The van der Waals surface area contributed by atoms with Gasteiger partial charge >= 0.3 is 27.1 Å². The molecule has 6 aromatic carbocycles. The Morgan fingerprint density at radius 3 is 0.959 bits per heavy atom. The van der Waals surface area contributed by atoms with E-state index in [4.69, 9.17) is 27.6 Å². The molecule has 384 valence electrons. The van der Waals surface area contributed by atoms with Crippen LogP contribution in [0.15, 0.2) is 133 Å². The van der Waals surface area contributed by atoms with Gasteiger partial charge in [0.05, 0.1) is 12.3 Å². The van der Waals surface area contributed by atoms with Gasteiger partial charge in [0.25, 0.3) is 0 Å². The lowest BCUT2D eigenvalue weighted by Gasteiger charge is -2.28. The molecule has 0 saturated heterocycles. The van der Waals surface area contributed by atoms with Crippen molar-refractivity contribution in [2.24, 2.45) is 0 Å². The Hall–Kier alpha value is -6.60. The highest BCUT2D eigenvalue weighted by Gasteiger charge is 2.33. The van der Waals surface area contributed by atoms with Gasteiger partial charge in [-0.1, -0.05) is 124 Å². The lowest BCUT2D eigenvalue weighted by Crippen LogP contribution is -2.20. The predicted octanol–water partition coefficient (Wildman–Crippen LogP) is 16.0. The van der Waals surface area contributed by atoms with Gasteiger partial charge in [0.1, 0.15) is 34.5 Å². The minimum atomic E-state index is -3.85. The number of ether oxygens (including phenoxy) is 2. The third-order valence-electron chi connectivity index (χ3n) is 13.0. The van der Waals surface area contributed by atoms with E-state index in [2.05, 4.69) is 27.0 Å². The normalized spacial score (nSPS) is 11.7. The number of rotatable bonds is 22. The van der Waals surface area contributed by atoms with Crippen LogP contribution in [0.4, 0.5) is 0 Å². The van der Waals surface area contributed by atoms with Crippen LogP contribution in [0, 0.1) is 55.4 Å². The minimum Gasteiger partial charge on any atom is -0.423 e. The molecule has 0 heterocycles. The second-order valence-electron chi connectivity index (χ2n) is 19.7. The molecule has 6 aromatic rings. The lowest BCUT2D eigenvalue weighted by atomic mass is 9.76. The first-order valence-corrected chi connectivity index (χ1v) is 28.1. The third-order valence-corrected chi connectivity index (χ3v) is 16.6. The average Bonchev–Trinajstić information content (AvgIpc) is 3.32. The number of esters is 2. The number of aryl methyl sites for hydroxylation is 10. The molecule has 0 bridgehead atoms. The second-order valence-corrected chi connectivity index (χ2v) is 23.8. The van der Waals surface area contributed by atoms with Crippen molar-refractivity contribution in [2.75, 3.05) is 12.3 Å². The van der Waals surface area contributed by atoms with Gasteiger partial charge in [0.2, 0.25) is 0 Å². The highest BCUT2D eigenvalue weighted by molar-refractivity contribution is 7.55. The van der Waals surface area contributed by atoms with Crippen LogP contribution in [0.25, 0.3) is 0 Å². The lowest BCUT2D eigenvalue weighted by molar-refractivity contribution is -0.131. The minimum absolute atomic E-state index is 0.0574. The van der Waals surface area contributed by atoms with Crippen LogP contribution in [-0.2, 0) is 37.0 Å². The van der Waals surface area contributed by atoms with Gasteiger partial charge in [-0.15, -0.1) is 0 Å². The molecule has 0 fully saturated rings. The highest BCUT2D eigenvalue weighted by atomic mass is 31.2. The van der Waals surface area contributed by atoms with Crippen molar-refractivity contribution in [1.29, 1.82) is 0 Å². The molecule has 0 aromatic heterocycles. The number of hydrogen-bond donors (Lipinski definition) is 0. The van der Waals surface area contributed by atoms with Gasteiger partial charge < -0.3 is 27.6 Å². The Morgan fingerprint density at radius 1 is 0.452 bits per heavy atom. The molecule has 6 rings (SSSR count). The van der Waals surface area contributed by atoms with E-state index in [1.165, 1.54) is 0 Å². The monoisotopic (exact) mass is 1020 g/mol. The summed E-state index contributed by atoms with van der Waals surface area (Å²) in [5.74, 6) is 1.64. The van der Waals surface area contributed by atoms with Crippen LogP contribution in [0.3, 0.4) is 0 Å². The quantitative estimate of drug-likeness (QED) is 0.0281. The molecule has 0 amide bonds. The molecule has 0 saturated carbocycles. The molecule has 0 radical (unpaired) electrons. The summed E-state index contributed by atoms with van der Waals surface area (Å²) in [6.45, 7) is 30.3. The Morgan fingerprint density at radius 2 is 0.712 bits per heavy atom. The molecule has 12 heteroatoms.